The predicted octanol–water partition coefficient (Wildman–Crippen LogP) is 2.78. The van der Waals surface area contributed by atoms with Crippen molar-refractivity contribution in [2.45, 2.75) is 26.2 Å². The first kappa shape index (κ1) is 15.0. The number of carbonyl (C=O) groups is 1. The van der Waals surface area contributed by atoms with Crippen LogP contribution in [0.2, 0.25) is 0 Å². The number of rotatable bonds is 7. The smallest absolute Gasteiger partial charge is 0.335 e. The average Bonchev–Trinajstić information content (AvgIpc) is 2.48. The molecule has 0 aliphatic heterocycles. The molecule has 5 nitrogen and oxygen atoms in total. The van der Waals surface area contributed by atoms with Crippen molar-refractivity contribution in [2.75, 3.05) is 11.9 Å². The van der Waals surface area contributed by atoms with Gasteiger partial charge < -0.3 is 10.4 Å². The van der Waals surface area contributed by atoms with Crippen LogP contribution in [-0.2, 0) is 12.8 Å². The van der Waals surface area contributed by atoms with Gasteiger partial charge in [-0.25, -0.2) is 9.78 Å². The van der Waals surface area contributed by atoms with E-state index in [9.17, 15) is 4.79 Å². The van der Waals surface area contributed by atoms with Crippen molar-refractivity contribution < 1.29 is 9.90 Å². The molecule has 0 amide bonds. The molecule has 21 heavy (non-hydrogen) atoms. The summed E-state index contributed by atoms with van der Waals surface area (Å²) in [6.45, 7) is 2.75. The third-order valence-electron chi connectivity index (χ3n) is 3.10. The zero-order valence-corrected chi connectivity index (χ0v) is 12.0. The number of hydrogen-bond acceptors (Lipinski definition) is 4. The van der Waals surface area contributed by atoms with E-state index in [1.54, 1.807) is 24.5 Å². The lowest BCUT2D eigenvalue weighted by molar-refractivity contribution is 0.0696. The molecule has 2 heterocycles. The summed E-state index contributed by atoms with van der Waals surface area (Å²) in [7, 11) is 0. The highest BCUT2D eigenvalue weighted by molar-refractivity contribution is 5.88. The monoisotopic (exact) mass is 285 g/mol. The molecular weight excluding hydrogens is 266 g/mol. The molecule has 0 aliphatic rings. The van der Waals surface area contributed by atoms with E-state index in [0.717, 1.165) is 25.0 Å². The standard InChI is InChI=1S/C16H19N3O2/c1-2-3-14-10-13(16(20)21)11-15(19-14)18-9-6-12-4-7-17-8-5-12/h4-5,7-8,10-11H,2-3,6,9H2,1H3,(H,18,19)(H,20,21). The van der Waals surface area contributed by atoms with E-state index in [2.05, 4.69) is 15.3 Å². The summed E-state index contributed by atoms with van der Waals surface area (Å²) < 4.78 is 0. The first-order valence-electron chi connectivity index (χ1n) is 7.06. The molecule has 0 unspecified atom stereocenters. The fourth-order valence-electron chi connectivity index (χ4n) is 2.07. The lowest BCUT2D eigenvalue weighted by Crippen LogP contribution is -2.09. The van der Waals surface area contributed by atoms with Crippen molar-refractivity contribution in [1.29, 1.82) is 0 Å². The number of pyridine rings is 2. The van der Waals surface area contributed by atoms with Crippen LogP contribution in [0.5, 0.6) is 0 Å². The highest BCUT2D eigenvalue weighted by atomic mass is 16.4. The first-order chi connectivity index (χ1) is 10.2. The third kappa shape index (κ3) is 4.56. The minimum absolute atomic E-state index is 0.278. The van der Waals surface area contributed by atoms with Crippen molar-refractivity contribution in [3.63, 3.8) is 0 Å². The quantitative estimate of drug-likeness (QED) is 0.818. The van der Waals surface area contributed by atoms with Gasteiger partial charge >= 0.3 is 5.97 Å². The highest BCUT2D eigenvalue weighted by Crippen LogP contribution is 2.12. The van der Waals surface area contributed by atoms with E-state index < -0.39 is 5.97 Å². The molecule has 0 fully saturated rings. The van der Waals surface area contributed by atoms with Gasteiger partial charge in [-0.15, -0.1) is 0 Å². The zero-order chi connectivity index (χ0) is 15.1. The second kappa shape index (κ2) is 7.38. The molecule has 0 saturated carbocycles. The van der Waals surface area contributed by atoms with Crippen molar-refractivity contribution in [2.24, 2.45) is 0 Å². The molecule has 0 aromatic carbocycles. The molecule has 110 valence electrons. The highest BCUT2D eigenvalue weighted by Gasteiger charge is 2.08. The van der Waals surface area contributed by atoms with Crippen LogP contribution in [0.4, 0.5) is 5.82 Å². The Kier molecular flexibility index (Phi) is 5.26. The Balaban J connectivity index is 2.03. The summed E-state index contributed by atoms with van der Waals surface area (Å²) in [5, 5.41) is 12.3. The number of nitrogens with zero attached hydrogens (tertiary/aromatic N) is 2. The number of carboxylic acids is 1. The SMILES string of the molecule is CCCc1cc(C(=O)O)cc(NCCc2ccncc2)n1. The first-order valence-corrected chi connectivity index (χ1v) is 7.06. The Morgan fingerprint density at radius 1 is 1.24 bits per heavy atom. The van der Waals surface area contributed by atoms with Crippen molar-refractivity contribution in [3.05, 3.63) is 53.5 Å². The molecule has 0 atom stereocenters. The number of nitrogens with one attached hydrogen (secondary N) is 1. The maximum atomic E-state index is 11.1. The summed E-state index contributed by atoms with van der Waals surface area (Å²) in [5.74, 6) is -0.306. The lowest BCUT2D eigenvalue weighted by Gasteiger charge is -2.09. The topological polar surface area (TPSA) is 75.1 Å². The molecule has 2 N–H and O–H groups in total. The Bertz CT molecular complexity index is 600. The molecule has 0 spiro atoms. The Morgan fingerprint density at radius 3 is 2.67 bits per heavy atom. The molecule has 0 bridgehead atoms. The maximum absolute atomic E-state index is 11.1. The number of anilines is 1. The van der Waals surface area contributed by atoms with Crippen LogP contribution in [0.3, 0.4) is 0 Å². The van der Waals surface area contributed by atoms with Gasteiger partial charge in [-0.2, -0.15) is 0 Å². The van der Waals surface area contributed by atoms with Crippen LogP contribution < -0.4 is 5.32 Å². The van der Waals surface area contributed by atoms with Gasteiger partial charge in [0.25, 0.3) is 0 Å². The number of carboxylic acid groups (broad SMARTS) is 1. The van der Waals surface area contributed by atoms with Gasteiger partial charge in [0.1, 0.15) is 5.82 Å². The van der Waals surface area contributed by atoms with Gasteiger partial charge in [-0.05, 0) is 42.7 Å². The summed E-state index contributed by atoms with van der Waals surface area (Å²) in [6.07, 6.45) is 6.08. The molecule has 5 heteroatoms. The third-order valence-corrected chi connectivity index (χ3v) is 3.10. The van der Waals surface area contributed by atoms with Crippen LogP contribution in [0.25, 0.3) is 0 Å². The molecule has 2 rings (SSSR count). The van der Waals surface area contributed by atoms with Gasteiger partial charge in [-0.3, -0.25) is 4.98 Å². The van der Waals surface area contributed by atoms with Crippen molar-refractivity contribution in [1.82, 2.24) is 9.97 Å². The number of hydrogen-bond donors (Lipinski definition) is 2. The summed E-state index contributed by atoms with van der Waals surface area (Å²) in [6, 6.07) is 7.14. The van der Waals surface area contributed by atoms with E-state index in [1.165, 1.54) is 5.56 Å². The van der Waals surface area contributed by atoms with Crippen molar-refractivity contribution in [3.8, 4) is 0 Å². The summed E-state index contributed by atoms with van der Waals surface area (Å²) >= 11 is 0. The van der Waals surface area contributed by atoms with Crippen LogP contribution >= 0.6 is 0 Å². The number of aromatic carboxylic acids is 1. The molecule has 2 aromatic rings. The molecular formula is C16H19N3O2. The maximum Gasteiger partial charge on any atom is 0.335 e. The minimum Gasteiger partial charge on any atom is -0.478 e. The van der Waals surface area contributed by atoms with Gasteiger partial charge in [0.2, 0.25) is 0 Å². The number of aromatic nitrogens is 2. The van der Waals surface area contributed by atoms with E-state index in [-0.39, 0.29) is 5.56 Å². The van der Waals surface area contributed by atoms with E-state index >= 15 is 0 Å². The summed E-state index contributed by atoms with van der Waals surface area (Å²) in [4.78, 5) is 19.6. The second-order valence-corrected chi connectivity index (χ2v) is 4.82. The Morgan fingerprint density at radius 2 is 2.00 bits per heavy atom. The van der Waals surface area contributed by atoms with Crippen LogP contribution in [0, 0.1) is 0 Å². The van der Waals surface area contributed by atoms with Crippen molar-refractivity contribution >= 4 is 11.8 Å². The van der Waals surface area contributed by atoms with Crippen LogP contribution in [0.1, 0.15) is 35.0 Å². The fourth-order valence-corrected chi connectivity index (χ4v) is 2.07. The number of aryl methyl sites for hydroxylation is 1. The van der Waals surface area contributed by atoms with Crippen LogP contribution in [-0.4, -0.2) is 27.6 Å². The normalized spacial score (nSPS) is 10.3. The largest absolute Gasteiger partial charge is 0.478 e. The average molecular weight is 285 g/mol. The lowest BCUT2D eigenvalue weighted by atomic mass is 10.1. The second-order valence-electron chi connectivity index (χ2n) is 4.82. The molecule has 2 aromatic heterocycles. The summed E-state index contributed by atoms with van der Waals surface area (Å²) in [5.41, 5.74) is 2.27. The zero-order valence-electron chi connectivity index (χ0n) is 12.0. The van der Waals surface area contributed by atoms with Gasteiger partial charge in [-0.1, -0.05) is 13.3 Å². The van der Waals surface area contributed by atoms with E-state index in [4.69, 9.17) is 5.11 Å². The Labute approximate surface area is 124 Å². The van der Waals surface area contributed by atoms with Gasteiger partial charge in [0.15, 0.2) is 0 Å². The minimum atomic E-state index is -0.924. The molecule has 0 saturated heterocycles. The van der Waals surface area contributed by atoms with Crippen LogP contribution in [0.15, 0.2) is 36.7 Å². The predicted molar refractivity (Wildman–Crippen MR) is 81.6 cm³/mol. The fraction of sp³-hybridized carbons (Fsp3) is 0.312. The molecule has 0 radical (unpaired) electrons. The van der Waals surface area contributed by atoms with E-state index in [1.807, 2.05) is 19.1 Å². The molecule has 0 aliphatic carbocycles. The van der Waals surface area contributed by atoms with E-state index in [0.29, 0.717) is 12.4 Å². The Hall–Kier alpha value is -2.43. The van der Waals surface area contributed by atoms with Gasteiger partial charge in [0, 0.05) is 24.6 Å². The van der Waals surface area contributed by atoms with Gasteiger partial charge in [0.05, 0.1) is 5.56 Å².